The number of aryl methyl sites for hydroxylation is 1. The minimum Gasteiger partial charge on any atom is -0.268 e. The Balaban J connectivity index is 3.27. The van der Waals surface area contributed by atoms with Gasteiger partial charge in [-0.2, -0.15) is 8.42 Å². The van der Waals surface area contributed by atoms with Gasteiger partial charge in [0.25, 0.3) is 10.2 Å². The summed E-state index contributed by atoms with van der Waals surface area (Å²) in [5.41, 5.74) is 0.818. The van der Waals surface area contributed by atoms with Gasteiger partial charge in [-0.1, -0.05) is 29.3 Å². The minimum atomic E-state index is -3.86. The van der Waals surface area contributed by atoms with Gasteiger partial charge in [0.2, 0.25) is 0 Å². The van der Waals surface area contributed by atoms with Crippen molar-refractivity contribution in [2.45, 2.75) is 6.92 Å². The Morgan fingerprint density at radius 3 is 2.43 bits per heavy atom. The van der Waals surface area contributed by atoms with Crippen molar-refractivity contribution >= 4 is 39.1 Å². The van der Waals surface area contributed by atoms with Crippen molar-refractivity contribution in [2.24, 2.45) is 5.14 Å². The molecule has 78 valence electrons. The molecule has 0 amide bonds. The van der Waals surface area contributed by atoms with E-state index in [9.17, 15) is 8.42 Å². The monoisotopic (exact) mass is 254 g/mol. The predicted molar refractivity (Wildman–Crippen MR) is 57.9 cm³/mol. The molecule has 0 aliphatic heterocycles. The Kier molecular flexibility index (Phi) is 3.26. The van der Waals surface area contributed by atoms with Crippen LogP contribution in [0.25, 0.3) is 0 Å². The molecular formula is C7H8Cl2N2O2S. The number of rotatable bonds is 2. The summed E-state index contributed by atoms with van der Waals surface area (Å²) in [7, 11) is -3.86. The van der Waals surface area contributed by atoms with E-state index in [2.05, 4.69) is 0 Å². The molecule has 14 heavy (non-hydrogen) atoms. The molecule has 3 N–H and O–H groups in total. The number of hydrogen-bond acceptors (Lipinski definition) is 2. The van der Waals surface area contributed by atoms with Crippen molar-refractivity contribution in [3.63, 3.8) is 0 Å². The molecule has 0 spiro atoms. The van der Waals surface area contributed by atoms with Crippen molar-refractivity contribution < 1.29 is 8.42 Å². The van der Waals surface area contributed by atoms with Gasteiger partial charge in [-0.25, -0.2) is 5.14 Å². The van der Waals surface area contributed by atoms with Gasteiger partial charge in [-0.15, -0.1) is 0 Å². The summed E-state index contributed by atoms with van der Waals surface area (Å²) in [6.07, 6.45) is 0. The van der Waals surface area contributed by atoms with Gasteiger partial charge in [-0.05, 0) is 18.6 Å². The first kappa shape index (κ1) is 11.6. The lowest BCUT2D eigenvalue weighted by Gasteiger charge is -2.09. The summed E-state index contributed by atoms with van der Waals surface area (Å²) in [5, 5.41) is 5.24. The van der Waals surface area contributed by atoms with Gasteiger partial charge < -0.3 is 0 Å². The minimum absolute atomic E-state index is 0.107. The van der Waals surface area contributed by atoms with Crippen LogP contribution in [-0.4, -0.2) is 8.42 Å². The van der Waals surface area contributed by atoms with Crippen LogP contribution < -0.4 is 9.86 Å². The number of nitrogens with one attached hydrogen (secondary N) is 1. The zero-order valence-electron chi connectivity index (χ0n) is 7.21. The van der Waals surface area contributed by atoms with Gasteiger partial charge >= 0.3 is 0 Å². The molecule has 0 saturated carbocycles. The van der Waals surface area contributed by atoms with Gasteiger partial charge in [-0.3, -0.25) is 4.72 Å². The van der Waals surface area contributed by atoms with Crippen molar-refractivity contribution in [2.75, 3.05) is 4.72 Å². The molecule has 0 atom stereocenters. The fourth-order valence-corrected chi connectivity index (χ4v) is 1.97. The molecule has 1 rings (SSSR count). The number of hydrogen-bond donors (Lipinski definition) is 2. The third kappa shape index (κ3) is 2.75. The first-order chi connectivity index (χ1) is 6.31. The topological polar surface area (TPSA) is 72.2 Å². The van der Waals surface area contributed by atoms with E-state index in [0.29, 0.717) is 5.56 Å². The van der Waals surface area contributed by atoms with Crippen LogP contribution >= 0.6 is 23.2 Å². The Hall–Kier alpha value is -0.490. The second kappa shape index (κ2) is 3.94. The largest absolute Gasteiger partial charge is 0.296 e. The van der Waals surface area contributed by atoms with Crippen LogP contribution in [0.15, 0.2) is 12.1 Å². The number of benzene rings is 1. The molecular weight excluding hydrogens is 247 g/mol. The van der Waals surface area contributed by atoms with E-state index in [4.69, 9.17) is 28.3 Å². The average molecular weight is 255 g/mol. The Morgan fingerprint density at radius 2 is 1.93 bits per heavy atom. The van der Waals surface area contributed by atoms with E-state index in [1.165, 1.54) is 6.07 Å². The Bertz CT molecular complexity index is 459. The first-order valence-electron chi connectivity index (χ1n) is 3.56. The number of halogens is 2. The van der Waals surface area contributed by atoms with Crippen LogP contribution in [0.5, 0.6) is 0 Å². The summed E-state index contributed by atoms with van der Waals surface area (Å²) >= 11 is 11.6. The second-order valence-electron chi connectivity index (χ2n) is 2.70. The highest BCUT2D eigenvalue weighted by Gasteiger charge is 2.12. The summed E-state index contributed by atoms with van der Waals surface area (Å²) < 4.78 is 23.6. The van der Waals surface area contributed by atoms with Gasteiger partial charge in [0.1, 0.15) is 0 Å². The fourth-order valence-electron chi connectivity index (χ4n) is 0.892. The molecule has 4 nitrogen and oxygen atoms in total. The standard InChI is InChI=1S/C7H8Cl2N2O2S/c1-4-2-3-5(8)7(6(4)9)11-14(10,12)13/h2-3,11H,1H3,(H2,10,12,13). The zero-order chi connectivity index (χ0) is 10.9. The second-order valence-corrected chi connectivity index (χ2v) is 4.78. The summed E-state index contributed by atoms with van der Waals surface area (Å²) in [6.45, 7) is 1.73. The molecule has 7 heteroatoms. The highest BCUT2D eigenvalue weighted by atomic mass is 35.5. The lowest BCUT2D eigenvalue weighted by atomic mass is 10.2. The zero-order valence-corrected chi connectivity index (χ0v) is 9.54. The summed E-state index contributed by atoms with van der Waals surface area (Å²) in [5.74, 6) is 0. The lowest BCUT2D eigenvalue weighted by Crippen LogP contribution is -2.22. The first-order valence-corrected chi connectivity index (χ1v) is 5.86. The van der Waals surface area contributed by atoms with E-state index in [1.54, 1.807) is 13.0 Å². The normalized spacial score (nSPS) is 11.4. The Morgan fingerprint density at radius 1 is 1.36 bits per heavy atom. The highest BCUT2D eigenvalue weighted by molar-refractivity contribution is 7.90. The molecule has 0 aromatic heterocycles. The third-order valence-corrected chi connectivity index (χ3v) is 2.82. The quantitative estimate of drug-likeness (QED) is 0.847. The maximum absolute atomic E-state index is 10.8. The molecule has 0 aliphatic carbocycles. The molecule has 1 aromatic carbocycles. The molecule has 0 saturated heterocycles. The molecule has 0 bridgehead atoms. The summed E-state index contributed by atoms with van der Waals surface area (Å²) in [6, 6.07) is 3.22. The maximum atomic E-state index is 10.8. The molecule has 0 fully saturated rings. The van der Waals surface area contributed by atoms with E-state index in [1.807, 2.05) is 4.72 Å². The van der Waals surface area contributed by atoms with Crippen molar-refractivity contribution in [1.82, 2.24) is 0 Å². The SMILES string of the molecule is Cc1ccc(Cl)c(NS(N)(=O)=O)c1Cl. The maximum Gasteiger partial charge on any atom is 0.296 e. The number of anilines is 1. The van der Waals surface area contributed by atoms with E-state index >= 15 is 0 Å². The molecule has 0 heterocycles. The summed E-state index contributed by atoms with van der Waals surface area (Å²) in [4.78, 5) is 0. The van der Waals surface area contributed by atoms with E-state index in [0.717, 1.165) is 0 Å². The van der Waals surface area contributed by atoms with Crippen LogP contribution in [0.3, 0.4) is 0 Å². The molecule has 0 aliphatic rings. The predicted octanol–water partition coefficient (Wildman–Crippen LogP) is 1.92. The van der Waals surface area contributed by atoms with Crippen LogP contribution in [-0.2, 0) is 10.2 Å². The van der Waals surface area contributed by atoms with Crippen LogP contribution in [0.2, 0.25) is 10.0 Å². The van der Waals surface area contributed by atoms with E-state index in [-0.39, 0.29) is 15.7 Å². The molecule has 1 aromatic rings. The molecule has 0 radical (unpaired) electrons. The van der Waals surface area contributed by atoms with Gasteiger partial charge in [0.15, 0.2) is 0 Å². The smallest absolute Gasteiger partial charge is 0.268 e. The van der Waals surface area contributed by atoms with Gasteiger partial charge in [0, 0.05) is 0 Å². The van der Waals surface area contributed by atoms with Crippen molar-refractivity contribution in [1.29, 1.82) is 0 Å². The van der Waals surface area contributed by atoms with E-state index < -0.39 is 10.2 Å². The average Bonchev–Trinajstić information content (AvgIpc) is 2.04. The van der Waals surface area contributed by atoms with Gasteiger partial charge in [0.05, 0.1) is 15.7 Å². The third-order valence-electron chi connectivity index (χ3n) is 1.53. The Labute approximate surface area is 92.2 Å². The highest BCUT2D eigenvalue weighted by Crippen LogP contribution is 2.33. The van der Waals surface area contributed by atoms with Crippen LogP contribution in [0.1, 0.15) is 5.56 Å². The van der Waals surface area contributed by atoms with Crippen LogP contribution in [0, 0.1) is 6.92 Å². The van der Waals surface area contributed by atoms with Crippen molar-refractivity contribution in [3.8, 4) is 0 Å². The fraction of sp³-hybridized carbons (Fsp3) is 0.143. The molecule has 0 unspecified atom stereocenters. The lowest BCUT2D eigenvalue weighted by molar-refractivity contribution is 0.603. The van der Waals surface area contributed by atoms with Crippen LogP contribution in [0.4, 0.5) is 5.69 Å². The number of nitrogens with two attached hydrogens (primary N) is 1. The van der Waals surface area contributed by atoms with Crippen molar-refractivity contribution in [3.05, 3.63) is 27.7 Å².